The van der Waals surface area contributed by atoms with Gasteiger partial charge in [0.15, 0.2) is 5.82 Å². The first kappa shape index (κ1) is 12.1. The largest absolute Gasteiger partial charge is 0.399 e. The number of aromatic nitrogens is 4. The van der Waals surface area contributed by atoms with Gasteiger partial charge in [-0.05, 0) is 18.1 Å². The van der Waals surface area contributed by atoms with E-state index in [1.807, 2.05) is 28.8 Å². The van der Waals surface area contributed by atoms with E-state index in [0.717, 1.165) is 33.5 Å². The van der Waals surface area contributed by atoms with Gasteiger partial charge in [-0.2, -0.15) is 9.61 Å². The predicted molar refractivity (Wildman–Crippen MR) is 77.0 cm³/mol. The molecule has 0 aliphatic heterocycles. The number of hydrogen-bond donors (Lipinski definition) is 1. The lowest BCUT2D eigenvalue weighted by atomic mass is 10.1. The van der Waals surface area contributed by atoms with E-state index in [2.05, 4.69) is 29.1 Å². The van der Waals surface area contributed by atoms with Crippen molar-refractivity contribution in [3.05, 3.63) is 30.1 Å². The average Bonchev–Trinajstić information content (AvgIpc) is 2.91. The lowest BCUT2D eigenvalue weighted by molar-refractivity contribution is 0.607. The third-order valence-corrected chi connectivity index (χ3v) is 3.73. The number of benzene rings is 1. The van der Waals surface area contributed by atoms with Crippen molar-refractivity contribution in [2.75, 3.05) is 5.73 Å². The van der Waals surface area contributed by atoms with E-state index in [-0.39, 0.29) is 0 Å². The Morgan fingerprint density at radius 3 is 2.89 bits per heavy atom. The number of anilines is 1. The Morgan fingerprint density at radius 2 is 2.16 bits per heavy atom. The zero-order valence-corrected chi connectivity index (χ0v) is 11.7. The minimum Gasteiger partial charge on any atom is -0.399 e. The van der Waals surface area contributed by atoms with Crippen molar-refractivity contribution in [2.24, 2.45) is 5.92 Å². The summed E-state index contributed by atoms with van der Waals surface area (Å²) in [6.45, 7) is 4.32. The quantitative estimate of drug-likeness (QED) is 0.745. The van der Waals surface area contributed by atoms with Gasteiger partial charge in [0.25, 0.3) is 0 Å². The van der Waals surface area contributed by atoms with Crippen LogP contribution in [-0.2, 0) is 6.42 Å². The molecular formula is C13H15N5S. The Hall–Kier alpha value is -1.95. The Balaban J connectivity index is 2.04. The van der Waals surface area contributed by atoms with Gasteiger partial charge in [-0.25, -0.2) is 0 Å². The van der Waals surface area contributed by atoms with E-state index >= 15 is 0 Å². The van der Waals surface area contributed by atoms with Crippen molar-refractivity contribution in [3.63, 3.8) is 0 Å². The first-order valence-corrected chi connectivity index (χ1v) is 7.02. The fraction of sp³-hybridized carbons (Fsp3) is 0.308. The van der Waals surface area contributed by atoms with Crippen LogP contribution in [0.1, 0.15) is 19.7 Å². The summed E-state index contributed by atoms with van der Waals surface area (Å²) in [5.74, 6) is 1.45. The highest BCUT2D eigenvalue weighted by Gasteiger charge is 2.13. The number of nitrogen functional groups attached to an aromatic ring is 1. The molecule has 3 rings (SSSR count). The van der Waals surface area contributed by atoms with Crippen LogP contribution in [0.3, 0.4) is 0 Å². The smallest absolute Gasteiger partial charge is 0.234 e. The number of hydrogen-bond acceptors (Lipinski definition) is 5. The van der Waals surface area contributed by atoms with E-state index in [1.165, 1.54) is 11.3 Å². The Bertz CT molecular complexity index is 713. The van der Waals surface area contributed by atoms with Gasteiger partial charge < -0.3 is 5.73 Å². The fourth-order valence-corrected chi connectivity index (χ4v) is 2.79. The molecule has 0 saturated heterocycles. The van der Waals surface area contributed by atoms with Gasteiger partial charge in [0.1, 0.15) is 5.01 Å². The molecule has 0 bridgehead atoms. The summed E-state index contributed by atoms with van der Waals surface area (Å²) in [6.07, 6.45) is 0.876. The molecule has 2 N–H and O–H groups in total. The van der Waals surface area contributed by atoms with E-state index in [9.17, 15) is 0 Å². The minimum absolute atomic E-state index is 0.532. The molecule has 0 atom stereocenters. The van der Waals surface area contributed by atoms with Gasteiger partial charge in [0.05, 0.1) is 0 Å². The number of nitrogens with two attached hydrogens (primary N) is 1. The molecule has 0 spiro atoms. The molecule has 3 aromatic rings. The van der Waals surface area contributed by atoms with E-state index < -0.39 is 0 Å². The van der Waals surface area contributed by atoms with Crippen LogP contribution in [0.15, 0.2) is 24.3 Å². The Labute approximate surface area is 115 Å². The summed E-state index contributed by atoms with van der Waals surface area (Å²) in [5.41, 5.74) is 7.56. The molecule has 0 saturated carbocycles. The second kappa shape index (κ2) is 4.62. The third kappa shape index (κ3) is 2.31. The predicted octanol–water partition coefficient (Wildman–Crippen LogP) is 2.63. The van der Waals surface area contributed by atoms with Crippen molar-refractivity contribution in [2.45, 2.75) is 20.3 Å². The number of fused-ring (bicyclic) bond motifs is 1. The molecule has 6 heteroatoms. The summed E-state index contributed by atoms with van der Waals surface area (Å²) in [7, 11) is 0. The molecule has 98 valence electrons. The highest BCUT2D eigenvalue weighted by Crippen LogP contribution is 2.26. The van der Waals surface area contributed by atoms with E-state index in [1.54, 1.807) is 0 Å². The van der Waals surface area contributed by atoms with Gasteiger partial charge >= 0.3 is 0 Å². The van der Waals surface area contributed by atoms with Gasteiger partial charge in [0.2, 0.25) is 4.96 Å². The van der Waals surface area contributed by atoms with Crippen LogP contribution in [-0.4, -0.2) is 19.8 Å². The van der Waals surface area contributed by atoms with Crippen LogP contribution in [0, 0.1) is 5.92 Å². The molecular weight excluding hydrogens is 258 g/mol. The number of rotatable bonds is 3. The highest BCUT2D eigenvalue weighted by molar-refractivity contribution is 7.19. The second-order valence-electron chi connectivity index (χ2n) is 4.94. The van der Waals surface area contributed by atoms with Crippen molar-refractivity contribution < 1.29 is 0 Å². The van der Waals surface area contributed by atoms with Crippen LogP contribution >= 0.6 is 11.3 Å². The molecule has 1 aromatic carbocycles. The maximum absolute atomic E-state index is 5.80. The topological polar surface area (TPSA) is 69.1 Å². The highest BCUT2D eigenvalue weighted by atomic mass is 32.1. The van der Waals surface area contributed by atoms with Crippen molar-refractivity contribution in [1.29, 1.82) is 0 Å². The average molecular weight is 273 g/mol. The molecule has 0 fully saturated rings. The fourth-order valence-electron chi connectivity index (χ4n) is 1.94. The Morgan fingerprint density at radius 1 is 1.32 bits per heavy atom. The van der Waals surface area contributed by atoms with Crippen LogP contribution < -0.4 is 5.73 Å². The third-order valence-electron chi connectivity index (χ3n) is 2.78. The van der Waals surface area contributed by atoms with Crippen molar-refractivity contribution in [1.82, 2.24) is 19.8 Å². The summed E-state index contributed by atoms with van der Waals surface area (Å²) in [6, 6.07) is 7.73. The zero-order chi connectivity index (χ0) is 13.4. The lowest BCUT2D eigenvalue weighted by Gasteiger charge is -2.00. The number of nitrogens with zero attached hydrogens (tertiary/aromatic N) is 4. The van der Waals surface area contributed by atoms with Gasteiger partial charge in [-0.3, -0.25) is 0 Å². The molecule has 0 radical (unpaired) electrons. The Kier molecular flexibility index (Phi) is 2.94. The normalized spacial score (nSPS) is 11.5. The van der Waals surface area contributed by atoms with E-state index in [4.69, 9.17) is 5.73 Å². The first-order valence-electron chi connectivity index (χ1n) is 6.20. The van der Waals surface area contributed by atoms with Gasteiger partial charge in [-0.15, -0.1) is 10.2 Å². The molecule has 5 nitrogen and oxygen atoms in total. The van der Waals surface area contributed by atoms with Crippen molar-refractivity contribution in [3.8, 4) is 10.6 Å². The zero-order valence-electron chi connectivity index (χ0n) is 10.9. The molecule has 0 aliphatic carbocycles. The first-order chi connectivity index (χ1) is 9.13. The molecule has 2 heterocycles. The molecule has 0 unspecified atom stereocenters. The molecule has 19 heavy (non-hydrogen) atoms. The standard InChI is InChI=1S/C13H15N5S/c1-8(2)6-11-15-16-13-18(11)17-12(19-13)9-4-3-5-10(14)7-9/h3-5,7-8H,6,14H2,1-2H3. The summed E-state index contributed by atoms with van der Waals surface area (Å²) >= 11 is 1.53. The summed E-state index contributed by atoms with van der Waals surface area (Å²) in [5, 5.41) is 13.9. The summed E-state index contributed by atoms with van der Waals surface area (Å²) < 4.78 is 1.84. The SMILES string of the molecule is CC(C)Cc1nnc2sc(-c3cccc(N)c3)nn12. The van der Waals surface area contributed by atoms with Gasteiger partial charge in [0, 0.05) is 17.7 Å². The maximum atomic E-state index is 5.80. The van der Waals surface area contributed by atoms with E-state index in [0.29, 0.717) is 5.92 Å². The second-order valence-corrected chi connectivity index (χ2v) is 5.90. The van der Waals surface area contributed by atoms with Crippen molar-refractivity contribution >= 4 is 22.0 Å². The molecule has 0 amide bonds. The molecule has 2 aromatic heterocycles. The van der Waals surface area contributed by atoms with Crippen LogP contribution in [0.25, 0.3) is 15.5 Å². The lowest BCUT2D eigenvalue weighted by Crippen LogP contribution is -2.01. The monoisotopic (exact) mass is 273 g/mol. The van der Waals surface area contributed by atoms with Gasteiger partial charge in [-0.1, -0.05) is 37.3 Å². The molecule has 0 aliphatic rings. The van der Waals surface area contributed by atoms with Crippen LogP contribution in [0.2, 0.25) is 0 Å². The summed E-state index contributed by atoms with van der Waals surface area (Å²) in [4.78, 5) is 0.827. The minimum atomic E-state index is 0.532. The van der Waals surface area contributed by atoms with Crippen LogP contribution in [0.4, 0.5) is 5.69 Å². The maximum Gasteiger partial charge on any atom is 0.234 e. The van der Waals surface area contributed by atoms with Crippen LogP contribution in [0.5, 0.6) is 0 Å².